The molecule has 0 spiro atoms. The van der Waals surface area contributed by atoms with Gasteiger partial charge in [-0.1, -0.05) is 0 Å². The van der Waals surface area contributed by atoms with Gasteiger partial charge in [-0.05, 0) is 25.0 Å². The molecule has 3 nitrogen and oxygen atoms in total. The fourth-order valence-corrected chi connectivity index (χ4v) is 2.58. The summed E-state index contributed by atoms with van der Waals surface area (Å²) in [5, 5.41) is 19.4. The van der Waals surface area contributed by atoms with Crippen LogP contribution < -0.4 is 0 Å². The summed E-state index contributed by atoms with van der Waals surface area (Å²) in [4.78, 5) is 11.7. The number of aldehydes is 1. The van der Waals surface area contributed by atoms with Crippen LogP contribution in [0.2, 0.25) is 0 Å². The van der Waals surface area contributed by atoms with Crippen molar-refractivity contribution in [1.29, 1.82) is 0 Å². The van der Waals surface area contributed by atoms with E-state index in [1.165, 1.54) is 11.3 Å². The summed E-state index contributed by atoms with van der Waals surface area (Å²) in [5.74, 6) is 0.295. The molecular formula is C10H13ClO3S. The van der Waals surface area contributed by atoms with Crippen molar-refractivity contribution in [2.75, 3.05) is 5.88 Å². The van der Waals surface area contributed by atoms with Crippen molar-refractivity contribution in [2.24, 2.45) is 0 Å². The zero-order valence-corrected chi connectivity index (χ0v) is 9.88. The Kier molecular flexibility index (Phi) is 4.73. The quantitative estimate of drug-likeness (QED) is 0.618. The van der Waals surface area contributed by atoms with E-state index in [9.17, 15) is 15.0 Å². The van der Waals surface area contributed by atoms with Gasteiger partial charge in [-0.3, -0.25) is 4.79 Å². The summed E-state index contributed by atoms with van der Waals surface area (Å²) < 4.78 is 0. The van der Waals surface area contributed by atoms with Gasteiger partial charge in [-0.2, -0.15) is 0 Å². The van der Waals surface area contributed by atoms with Gasteiger partial charge < -0.3 is 10.2 Å². The number of alkyl halides is 1. The van der Waals surface area contributed by atoms with Gasteiger partial charge in [0.25, 0.3) is 0 Å². The van der Waals surface area contributed by atoms with Crippen molar-refractivity contribution >= 4 is 29.2 Å². The standard InChI is InChI=1S/C10H13ClO3S/c1-6-4-7(5-12)15-10(6)9(14)8(13)2-3-11/h4-5,8-9,13-14H,2-3H2,1H3. The molecule has 0 aromatic carbocycles. The lowest BCUT2D eigenvalue weighted by atomic mass is 10.1. The molecular weight excluding hydrogens is 236 g/mol. The van der Waals surface area contributed by atoms with Crippen molar-refractivity contribution in [1.82, 2.24) is 0 Å². The summed E-state index contributed by atoms with van der Waals surface area (Å²) in [5.41, 5.74) is 0.822. The molecule has 1 rings (SSSR count). The van der Waals surface area contributed by atoms with E-state index >= 15 is 0 Å². The highest BCUT2D eigenvalue weighted by atomic mass is 35.5. The van der Waals surface area contributed by atoms with Gasteiger partial charge in [-0.25, -0.2) is 0 Å². The molecule has 1 aromatic heterocycles. The molecule has 2 atom stereocenters. The van der Waals surface area contributed by atoms with Gasteiger partial charge in [0.05, 0.1) is 11.0 Å². The molecule has 1 aromatic rings. The summed E-state index contributed by atoms with van der Waals surface area (Å²) >= 11 is 6.68. The van der Waals surface area contributed by atoms with Crippen molar-refractivity contribution in [3.8, 4) is 0 Å². The van der Waals surface area contributed by atoms with E-state index in [2.05, 4.69) is 0 Å². The minimum absolute atomic E-state index is 0.295. The molecule has 0 saturated heterocycles. The molecule has 0 radical (unpaired) electrons. The predicted octanol–water partition coefficient (Wildman–Crippen LogP) is 1.89. The van der Waals surface area contributed by atoms with E-state index < -0.39 is 12.2 Å². The maximum Gasteiger partial charge on any atom is 0.160 e. The highest BCUT2D eigenvalue weighted by molar-refractivity contribution is 7.13. The normalized spacial score (nSPS) is 14.9. The molecule has 0 amide bonds. The number of carbonyl (C=O) groups excluding carboxylic acids is 1. The average molecular weight is 249 g/mol. The predicted molar refractivity (Wildman–Crippen MR) is 60.7 cm³/mol. The van der Waals surface area contributed by atoms with Gasteiger partial charge in [0, 0.05) is 10.8 Å². The topological polar surface area (TPSA) is 57.5 Å². The molecule has 0 aliphatic carbocycles. The average Bonchev–Trinajstić information content (AvgIpc) is 2.59. The molecule has 0 saturated carbocycles. The van der Waals surface area contributed by atoms with Crippen LogP contribution in [0.3, 0.4) is 0 Å². The Balaban J connectivity index is 2.84. The first-order chi connectivity index (χ1) is 7.10. The number of aryl methyl sites for hydroxylation is 1. The van der Waals surface area contributed by atoms with Crippen molar-refractivity contribution < 1.29 is 15.0 Å². The van der Waals surface area contributed by atoms with Crippen LogP contribution in [0.5, 0.6) is 0 Å². The number of aliphatic hydroxyl groups is 2. The number of carbonyl (C=O) groups is 1. The van der Waals surface area contributed by atoms with Crippen LogP contribution in [0.1, 0.15) is 32.6 Å². The van der Waals surface area contributed by atoms with Gasteiger partial charge in [0.2, 0.25) is 0 Å². The van der Waals surface area contributed by atoms with Crippen LogP contribution in [0.25, 0.3) is 0 Å². The van der Waals surface area contributed by atoms with E-state index in [0.717, 1.165) is 11.8 Å². The van der Waals surface area contributed by atoms with Crippen LogP contribution in [-0.4, -0.2) is 28.5 Å². The van der Waals surface area contributed by atoms with Crippen LogP contribution >= 0.6 is 22.9 Å². The maximum atomic E-state index is 10.5. The van der Waals surface area contributed by atoms with Crippen LogP contribution in [-0.2, 0) is 0 Å². The summed E-state index contributed by atoms with van der Waals surface area (Å²) in [6.07, 6.45) is -0.764. The summed E-state index contributed by atoms with van der Waals surface area (Å²) in [6.45, 7) is 1.80. The largest absolute Gasteiger partial charge is 0.390 e. The number of thiophene rings is 1. The van der Waals surface area contributed by atoms with Crippen molar-refractivity contribution in [3.05, 3.63) is 21.4 Å². The Morgan fingerprint density at radius 1 is 1.60 bits per heavy atom. The van der Waals surface area contributed by atoms with Gasteiger partial charge in [0.15, 0.2) is 6.29 Å². The van der Waals surface area contributed by atoms with Crippen LogP contribution in [0.15, 0.2) is 6.07 Å². The van der Waals surface area contributed by atoms with Crippen LogP contribution in [0.4, 0.5) is 0 Å². The van der Waals surface area contributed by atoms with Crippen molar-refractivity contribution in [2.45, 2.75) is 25.6 Å². The Morgan fingerprint density at radius 3 is 2.73 bits per heavy atom. The minimum Gasteiger partial charge on any atom is -0.390 e. The van der Waals surface area contributed by atoms with E-state index in [1.807, 2.05) is 0 Å². The lowest BCUT2D eigenvalue weighted by Gasteiger charge is -2.16. The molecule has 5 heteroatoms. The maximum absolute atomic E-state index is 10.5. The number of hydrogen-bond acceptors (Lipinski definition) is 4. The first-order valence-corrected chi connectivity index (χ1v) is 5.92. The summed E-state index contributed by atoms with van der Waals surface area (Å²) in [7, 11) is 0. The fraction of sp³-hybridized carbons (Fsp3) is 0.500. The Bertz CT molecular complexity index is 337. The second-order valence-corrected chi connectivity index (χ2v) is 4.80. The SMILES string of the molecule is Cc1cc(C=O)sc1C(O)C(O)CCCl. The molecule has 0 aliphatic rings. The molecule has 0 fully saturated rings. The Hall–Kier alpha value is -0.420. The van der Waals surface area contributed by atoms with Crippen LogP contribution in [0, 0.1) is 6.92 Å². The second kappa shape index (κ2) is 5.61. The molecule has 1 heterocycles. The highest BCUT2D eigenvalue weighted by Crippen LogP contribution is 2.30. The zero-order valence-electron chi connectivity index (χ0n) is 8.31. The Morgan fingerprint density at radius 2 is 2.27 bits per heavy atom. The molecule has 15 heavy (non-hydrogen) atoms. The summed E-state index contributed by atoms with van der Waals surface area (Å²) in [6, 6.07) is 1.70. The monoisotopic (exact) mass is 248 g/mol. The minimum atomic E-state index is -0.956. The lowest BCUT2D eigenvalue weighted by Crippen LogP contribution is -2.18. The highest BCUT2D eigenvalue weighted by Gasteiger charge is 2.21. The molecule has 0 aliphatic heterocycles. The smallest absolute Gasteiger partial charge is 0.160 e. The third-order valence-corrected chi connectivity index (χ3v) is 3.58. The number of hydrogen-bond donors (Lipinski definition) is 2. The van der Waals surface area contributed by atoms with E-state index in [-0.39, 0.29) is 0 Å². The molecule has 2 unspecified atom stereocenters. The molecule has 2 N–H and O–H groups in total. The molecule has 0 bridgehead atoms. The number of halogens is 1. The Labute approximate surface area is 97.3 Å². The number of aliphatic hydroxyl groups excluding tert-OH is 2. The third-order valence-electron chi connectivity index (χ3n) is 2.13. The van der Waals surface area contributed by atoms with Crippen molar-refractivity contribution in [3.63, 3.8) is 0 Å². The zero-order chi connectivity index (χ0) is 11.4. The van der Waals surface area contributed by atoms with Gasteiger partial charge in [0.1, 0.15) is 6.10 Å². The third kappa shape index (κ3) is 3.01. The fourth-order valence-electron chi connectivity index (χ4n) is 1.32. The van der Waals surface area contributed by atoms with Gasteiger partial charge >= 0.3 is 0 Å². The first-order valence-electron chi connectivity index (χ1n) is 4.57. The first kappa shape index (κ1) is 12.6. The lowest BCUT2D eigenvalue weighted by molar-refractivity contribution is 0.0188. The van der Waals surface area contributed by atoms with E-state index in [0.29, 0.717) is 22.1 Å². The van der Waals surface area contributed by atoms with Gasteiger partial charge in [-0.15, -0.1) is 22.9 Å². The second-order valence-electron chi connectivity index (χ2n) is 3.30. The molecule has 84 valence electrons. The van der Waals surface area contributed by atoms with E-state index in [4.69, 9.17) is 11.6 Å². The number of rotatable bonds is 5. The van der Waals surface area contributed by atoms with E-state index in [1.54, 1.807) is 13.0 Å².